The number of hydrogen-bond acceptors (Lipinski definition) is 4. The summed E-state index contributed by atoms with van der Waals surface area (Å²) in [5.41, 5.74) is 0.0188. The van der Waals surface area contributed by atoms with Crippen LogP contribution >= 0.6 is 0 Å². The molecule has 180 valence electrons. The number of halogens is 3. The van der Waals surface area contributed by atoms with Crippen LogP contribution in [0.1, 0.15) is 30.4 Å². The Balaban J connectivity index is 1.34. The van der Waals surface area contributed by atoms with Crippen molar-refractivity contribution >= 4 is 16.9 Å². The molecule has 7 nitrogen and oxygen atoms in total. The molecule has 1 fully saturated rings. The number of fused-ring (bicyclic) bond motifs is 1. The van der Waals surface area contributed by atoms with Crippen LogP contribution < -0.4 is 10.9 Å². The zero-order valence-corrected chi connectivity index (χ0v) is 18.6. The van der Waals surface area contributed by atoms with Crippen LogP contribution in [0.3, 0.4) is 0 Å². The van der Waals surface area contributed by atoms with Gasteiger partial charge < -0.3 is 5.32 Å². The van der Waals surface area contributed by atoms with E-state index in [0.717, 1.165) is 31.4 Å². The topological polar surface area (TPSA) is 81.8 Å². The monoisotopic (exact) mass is 481 g/mol. The number of aromatic nitrogens is 4. The molecule has 1 aliphatic carbocycles. The minimum absolute atomic E-state index is 0.0871. The number of nitrogens with zero attached hydrogens (tertiary/aromatic N) is 4. The van der Waals surface area contributed by atoms with E-state index in [2.05, 4.69) is 27.5 Å². The quantitative estimate of drug-likeness (QED) is 0.454. The summed E-state index contributed by atoms with van der Waals surface area (Å²) in [5.74, 6) is -0.319. The van der Waals surface area contributed by atoms with Crippen molar-refractivity contribution in [3.05, 3.63) is 88.6 Å². The second-order valence-corrected chi connectivity index (χ2v) is 8.80. The molecule has 0 spiro atoms. The Morgan fingerprint density at radius 2 is 1.86 bits per heavy atom. The maximum atomic E-state index is 13.1. The number of amides is 1. The van der Waals surface area contributed by atoms with E-state index in [4.69, 9.17) is 0 Å². The normalized spacial score (nSPS) is 15.1. The minimum atomic E-state index is -4.51. The number of carbonyl (C=O) groups excluding carboxylic acids is 1. The first-order chi connectivity index (χ1) is 16.8. The van der Waals surface area contributed by atoms with Crippen LogP contribution in [0.2, 0.25) is 0 Å². The van der Waals surface area contributed by atoms with Crippen LogP contribution in [0.15, 0.2) is 71.9 Å². The van der Waals surface area contributed by atoms with E-state index in [9.17, 15) is 22.8 Å². The van der Waals surface area contributed by atoms with Gasteiger partial charge in [0.1, 0.15) is 18.3 Å². The van der Waals surface area contributed by atoms with Gasteiger partial charge in [0.25, 0.3) is 5.56 Å². The smallest absolute Gasteiger partial charge is 0.354 e. The second-order valence-electron chi connectivity index (χ2n) is 8.80. The van der Waals surface area contributed by atoms with Gasteiger partial charge in [0, 0.05) is 12.0 Å². The molecule has 35 heavy (non-hydrogen) atoms. The number of hydrogen-bond donors (Lipinski definition) is 1. The highest BCUT2D eigenvalue weighted by Gasteiger charge is 2.38. The Kier molecular flexibility index (Phi) is 5.66. The van der Waals surface area contributed by atoms with Crippen molar-refractivity contribution in [1.82, 2.24) is 24.6 Å². The second kappa shape index (κ2) is 8.68. The molecule has 0 bridgehead atoms. The van der Waals surface area contributed by atoms with Gasteiger partial charge in [-0.25, -0.2) is 9.67 Å². The van der Waals surface area contributed by atoms with Crippen LogP contribution in [0.4, 0.5) is 13.2 Å². The van der Waals surface area contributed by atoms with Crippen molar-refractivity contribution in [2.45, 2.75) is 37.4 Å². The minimum Gasteiger partial charge on any atom is -0.354 e. The van der Waals surface area contributed by atoms with E-state index >= 15 is 0 Å². The summed E-state index contributed by atoms with van der Waals surface area (Å²) >= 11 is 0. The molecule has 10 heteroatoms. The van der Waals surface area contributed by atoms with Gasteiger partial charge in [-0.15, -0.1) is 0 Å². The summed E-state index contributed by atoms with van der Waals surface area (Å²) in [6.45, 7) is 0.259. The molecule has 5 rings (SSSR count). The molecule has 2 aromatic carbocycles. The first-order valence-corrected chi connectivity index (χ1v) is 11.2. The van der Waals surface area contributed by atoms with Crippen LogP contribution in [-0.2, 0) is 22.9 Å². The average Bonchev–Trinajstić information content (AvgIpc) is 3.25. The van der Waals surface area contributed by atoms with E-state index in [0.29, 0.717) is 6.54 Å². The third kappa shape index (κ3) is 4.31. The third-order valence-electron chi connectivity index (χ3n) is 6.61. The molecule has 0 radical (unpaired) electrons. The average molecular weight is 481 g/mol. The molecule has 2 aromatic heterocycles. The van der Waals surface area contributed by atoms with Crippen molar-refractivity contribution in [1.29, 1.82) is 0 Å². The lowest BCUT2D eigenvalue weighted by Crippen LogP contribution is -2.46. The number of alkyl halides is 3. The van der Waals surface area contributed by atoms with Crippen LogP contribution in [0.25, 0.3) is 16.7 Å². The van der Waals surface area contributed by atoms with Crippen LogP contribution in [0.5, 0.6) is 0 Å². The predicted molar refractivity (Wildman–Crippen MR) is 123 cm³/mol. The van der Waals surface area contributed by atoms with Crippen molar-refractivity contribution in [2.24, 2.45) is 0 Å². The Hall–Kier alpha value is -3.95. The van der Waals surface area contributed by atoms with Gasteiger partial charge in [0.2, 0.25) is 5.91 Å². The van der Waals surface area contributed by atoms with Gasteiger partial charge in [-0.2, -0.15) is 18.3 Å². The Morgan fingerprint density at radius 1 is 1.09 bits per heavy atom. The maximum absolute atomic E-state index is 13.1. The summed E-state index contributed by atoms with van der Waals surface area (Å²) in [5, 5.41) is 7.12. The van der Waals surface area contributed by atoms with Crippen molar-refractivity contribution in [2.75, 3.05) is 6.54 Å². The summed E-state index contributed by atoms with van der Waals surface area (Å²) in [6, 6.07) is 14.7. The zero-order chi connectivity index (χ0) is 24.6. The van der Waals surface area contributed by atoms with Gasteiger partial charge in [-0.1, -0.05) is 42.8 Å². The fourth-order valence-corrected chi connectivity index (χ4v) is 4.51. The van der Waals surface area contributed by atoms with E-state index < -0.39 is 17.3 Å². The van der Waals surface area contributed by atoms with E-state index in [-0.39, 0.29) is 34.6 Å². The Bertz CT molecular complexity index is 1440. The fraction of sp³-hybridized carbons (Fsp3) is 0.280. The van der Waals surface area contributed by atoms with Crippen molar-refractivity contribution in [3.63, 3.8) is 0 Å². The molecule has 0 aliphatic heterocycles. The molecule has 1 N–H and O–H groups in total. The van der Waals surface area contributed by atoms with Gasteiger partial charge in [0.05, 0.1) is 17.4 Å². The summed E-state index contributed by atoms with van der Waals surface area (Å²) in [4.78, 5) is 29.8. The summed E-state index contributed by atoms with van der Waals surface area (Å²) < 4.78 is 41.6. The van der Waals surface area contributed by atoms with Crippen molar-refractivity contribution < 1.29 is 18.0 Å². The number of nitrogens with one attached hydrogen (secondary N) is 1. The van der Waals surface area contributed by atoms with E-state index in [1.165, 1.54) is 39.5 Å². The summed E-state index contributed by atoms with van der Waals surface area (Å²) in [7, 11) is 0. The molecule has 0 saturated heterocycles. The largest absolute Gasteiger partial charge is 0.416 e. The van der Waals surface area contributed by atoms with Crippen LogP contribution in [-0.4, -0.2) is 31.8 Å². The lowest BCUT2D eigenvalue weighted by Gasteiger charge is -2.42. The van der Waals surface area contributed by atoms with Crippen LogP contribution in [0, 0.1) is 0 Å². The number of carbonyl (C=O) groups is 1. The predicted octanol–water partition coefficient (Wildman–Crippen LogP) is 3.84. The van der Waals surface area contributed by atoms with Crippen molar-refractivity contribution in [3.8, 4) is 5.69 Å². The molecule has 1 aliphatic rings. The molecule has 2 heterocycles. The first kappa shape index (κ1) is 22.8. The Labute approximate surface area is 198 Å². The third-order valence-corrected chi connectivity index (χ3v) is 6.61. The molecule has 1 amide bonds. The van der Waals surface area contributed by atoms with Gasteiger partial charge in [-0.05, 0) is 36.6 Å². The number of benzene rings is 2. The molecule has 4 aromatic rings. The standard InChI is InChI=1S/C25H22F3N5O2/c26-25(27,28)18-8-4-9-19(12-18)33-22-20(13-31-33)23(35)32(16-30-22)14-21(34)29-15-24(10-5-11-24)17-6-2-1-3-7-17/h1-4,6-9,12-13,16H,5,10-11,14-15H2,(H,29,34). The zero-order valence-electron chi connectivity index (χ0n) is 18.6. The molecular formula is C25H22F3N5O2. The number of rotatable bonds is 6. The molecule has 0 atom stereocenters. The maximum Gasteiger partial charge on any atom is 0.416 e. The highest BCUT2D eigenvalue weighted by molar-refractivity contribution is 5.78. The van der Waals surface area contributed by atoms with Gasteiger partial charge in [-0.3, -0.25) is 14.2 Å². The fourth-order valence-electron chi connectivity index (χ4n) is 4.51. The lowest BCUT2D eigenvalue weighted by molar-refractivity contribution is -0.137. The summed E-state index contributed by atoms with van der Waals surface area (Å²) in [6.07, 6.45) is 1.02. The van der Waals surface area contributed by atoms with E-state index in [1.54, 1.807) is 0 Å². The molecular weight excluding hydrogens is 459 g/mol. The SMILES string of the molecule is O=C(Cn1cnc2c(cnn2-c2cccc(C(F)(F)F)c2)c1=O)NCC1(c2ccccc2)CCC1. The lowest BCUT2D eigenvalue weighted by atomic mass is 9.64. The molecule has 1 saturated carbocycles. The first-order valence-electron chi connectivity index (χ1n) is 11.2. The Morgan fingerprint density at radius 3 is 2.54 bits per heavy atom. The highest BCUT2D eigenvalue weighted by atomic mass is 19.4. The van der Waals surface area contributed by atoms with E-state index in [1.807, 2.05) is 18.2 Å². The van der Waals surface area contributed by atoms with Gasteiger partial charge in [0.15, 0.2) is 5.65 Å². The highest BCUT2D eigenvalue weighted by Crippen LogP contribution is 2.43. The van der Waals surface area contributed by atoms with Gasteiger partial charge >= 0.3 is 6.18 Å². The molecule has 0 unspecified atom stereocenters.